The number of carbonyl (C=O) groups excluding carboxylic acids is 1. The third-order valence-electron chi connectivity index (χ3n) is 6.63. The van der Waals surface area contributed by atoms with Crippen molar-refractivity contribution in [1.82, 2.24) is 4.57 Å². The van der Waals surface area contributed by atoms with Crippen molar-refractivity contribution >= 4 is 27.6 Å². The minimum Gasteiger partial charge on any atom is -0.492 e. The molecule has 1 heterocycles. The van der Waals surface area contributed by atoms with Crippen molar-refractivity contribution in [3.63, 3.8) is 0 Å². The number of carbonyl (C=O) groups is 1. The van der Waals surface area contributed by atoms with Gasteiger partial charge in [-0.1, -0.05) is 66.7 Å². The maximum absolute atomic E-state index is 11.8. The molecule has 0 saturated carbocycles. The molecule has 36 heavy (non-hydrogen) atoms. The number of aromatic nitrogens is 1. The lowest BCUT2D eigenvalue weighted by molar-refractivity contribution is -0.127. The first-order valence-electron chi connectivity index (χ1n) is 12.5. The van der Waals surface area contributed by atoms with Gasteiger partial charge in [0.05, 0.1) is 6.54 Å². The summed E-state index contributed by atoms with van der Waals surface area (Å²) >= 11 is 0. The Balaban J connectivity index is 1.32. The van der Waals surface area contributed by atoms with Crippen molar-refractivity contribution in [3.05, 3.63) is 103 Å². The number of Topliss-reactive ketones (excluding diaryl/α,β-unsaturated/α-hetero) is 1. The van der Waals surface area contributed by atoms with Crippen molar-refractivity contribution in [2.75, 3.05) is 13.2 Å². The van der Waals surface area contributed by atoms with E-state index in [1.54, 1.807) is 6.92 Å². The van der Waals surface area contributed by atoms with Crippen LogP contribution >= 0.6 is 0 Å². The molecule has 0 bridgehead atoms. The van der Waals surface area contributed by atoms with Crippen molar-refractivity contribution in [2.24, 2.45) is 0 Å². The van der Waals surface area contributed by atoms with Crippen LogP contribution in [0.3, 0.4) is 0 Å². The lowest BCUT2D eigenvalue weighted by atomic mass is 10.0. The highest BCUT2D eigenvalue weighted by molar-refractivity contribution is 6.09. The Kier molecular flexibility index (Phi) is 7.15. The van der Waals surface area contributed by atoms with Crippen LogP contribution in [0.25, 0.3) is 32.9 Å². The van der Waals surface area contributed by atoms with Crippen molar-refractivity contribution in [2.45, 2.75) is 32.9 Å². The van der Waals surface area contributed by atoms with Gasteiger partial charge in [-0.2, -0.15) is 0 Å². The van der Waals surface area contributed by atoms with Gasteiger partial charge in [0.2, 0.25) is 0 Å². The molecular formula is C32H31NO3. The highest BCUT2D eigenvalue weighted by atomic mass is 16.5. The van der Waals surface area contributed by atoms with Crippen molar-refractivity contribution < 1.29 is 14.3 Å². The third kappa shape index (κ3) is 5.05. The third-order valence-corrected chi connectivity index (χ3v) is 6.63. The number of para-hydroxylation sites is 1. The zero-order valence-corrected chi connectivity index (χ0v) is 20.8. The Bertz CT molecular complexity index is 1470. The summed E-state index contributed by atoms with van der Waals surface area (Å²) < 4.78 is 14.0. The normalized spacial score (nSPS) is 12.2. The lowest BCUT2D eigenvalue weighted by Gasteiger charge is -2.14. The van der Waals surface area contributed by atoms with Gasteiger partial charge < -0.3 is 14.0 Å². The van der Waals surface area contributed by atoms with E-state index in [0.717, 1.165) is 17.9 Å². The summed E-state index contributed by atoms with van der Waals surface area (Å²) in [5.74, 6) is 0.876. The van der Waals surface area contributed by atoms with Crippen molar-refractivity contribution in [1.29, 1.82) is 0 Å². The number of rotatable bonds is 10. The molecule has 1 atom stereocenters. The molecule has 0 saturated heterocycles. The van der Waals surface area contributed by atoms with Crippen LogP contribution in [-0.2, 0) is 22.5 Å². The predicted octanol–water partition coefficient (Wildman–Crippen LogP) is 7.08. The second kappa shape index (κ2) is 10.8. The molecule has 1 aromatic heterocycles. The van der Waals surface area contributed by atoms with Gasteiger partial charge in [-0.3, -0.25) is 4.79 Å². The fourth-order valence-corrected chi connectivity index (χ4v) is 4.82. The van der Waals surface area contributed by atoms with Crippen LogP contribution in [0.5, 0.6) is 5.75 Å². The predicted molar refractivity (Wildman–Crippen MR) is 147 cm³/mol. The number of fused-ring (bicyclic) bond motifs is 3. The fourth-order valence-electron chi connectivity index (χ4n) is 4.82. The van der Waals surface area contributed by atoms with Gasteiger partial charge in [0.1, 0.15) is 18.5 Å². The van der Waals surface area contributed by atoms with Crippen LogP contribution in [0.2, 0.25) is 0 Å². The zero-order chi connectivity index (χ0) is 24.9. The molecule has 0 spiro atoms. The molecule has 0 aliphatic rings. The van der Waals surface area contributed by atoms with Crippen LogP contribution in [0.15, 0.2) is 97.1 Å². The second-order valence-electron chi connectivity index (χ2n) is 9.02. The highest BCUT2D eigenvalue weighted by Crippen LogP contribution is 2.32. The summed E-state index contributed by atoms with van der Waals surface area (Å²) in [5.41, 5.74) is 5.93. The first kappa shape index (κ1) is 23.8. The molecule has 0 aliphatic heterocycles. The molecular weight excluding hydrogens is 446 g/mol. The number of hydrogen-bond acceptors (Lipinski definition) is 3. The van der Waals surface area contributed by atoms with Gasteiger partial charge in [-0.15, -0.1) is 0 Å². The molecule has 5 rings (SSSR count). The molecule has 0 aliphatic carbocycles. The summed E-state index contributed by atoms with van der Waals surface area (Å²) in [4.78, 5) is 11.8. The van der Waals surface area contributed by atoms with Gasteiger partial charge in [-0.25, -0.2) is 0 Å². The maximum atomic E-state index is 11.8. The quantitative estimate of drug-likeness (QED) is 0.216. The Hall–Kier alpha value is -3.89. The monoisotopic (exact) mass is 477 g/mol. The van der Waals surface area contributed by atoms with Crippen LogP contribution in [0.1, 0.15) is 19.4 Å². The molecule has 4 aromatic carbocycles. The standard InChI is InChI=1S/C32H31NO3/c1-3-35-32(23(2)34)21-24-13-16-27(17-14-24)36-20-19-33-30-12-8-7-11-28(30)29-22-26(15-18-31(29)33)25-9-5-4-6-10-25/h4-18,22,32H,3,19-21H2,1-2H3. The van der Waals surface area contributed by atoms with E-state index in [1.807, 2.05) is 37.3 Å². The summed E-state index contributed by atoms with van der Waals surface area (Å²) in [6.07, 6.45) is 0.190. The van der Waals surface area contributed by atoms with Gasteiger partial charge >= 0.3 is 0 Å². The summed E-state index contributed by atoms with van der Waals surface area (Å²) in [6, 6.07) is 33.7. The Morgan fingerprint density at radius 2 is 1.53 bits per heavy atom. The first-order valence-corrected chi connectivity index (χ1v) is 12.5. The maximum Gasteiger partial charge on any atom is 0.158 e. The lowest BCUT2D eigenvalue weighted by Crippen LogP contribution is -2.24. The van der Waals surface area contributed by atoms with Crippen LogP contribution < -0.4 is 4.74 Å². The number of benzene rings is 4. The fraction of sp³-hybridized carbons (Fsp3) is 0.219. The number of ketones is 1. The molecule has 182 valence electrons. The molecule has 0 amide bonds. The van der Waals surface area contributed by atoms with E-state index in [-0.39, 0.29) is 11.9 Å². The number of nitrogens with zero attached hydrogens (tertiary/aromatic N) is 1. The molecule has 5 aromatic rings. The Labute approximate surface area is 212 Å². The molecule has 0 radical (unpaired) electrons. The number of ether oxygens (including phenoxy) is 2. The Morgan fingerprint density at radius 1 is 0.806 bits per heavy atom. The van der Waals surface area contributed by atoms with Crippen LogP contribution in [0, 0.1) is 0 Å². The van der Waals surface area contributed by atoms with E-state index in [1.165, 1.54) is 32.9 Å². The Morgan fingerprint density at radius 3 is 2.28 bits per heavy atom. The smallest absolute Gasteiger partial charge is 0.158 e. The second-order valence-corrected chi connectivity index (χ2v) is 9.02. The SMILES string of the molecule is CCOC(Cc1ccc(OCCn2c3ccccc3c3cc(-c4ccccc4)ccc32)cc1)C(C)=O. The molecule has 0 fully saturated rings. The topological polar surface area (TPSA) is 40.5 Å². The van der Waals surface area contributed by atoms with E-state index < -0.39 is 0 Å². The first-order chi connectivity index (χ1) is 17.6. The average Bonchev–Trinajstić information content (AvgIpc) is 3.23. The van der Waals surface area contributed by atoms with E-state index >= 15 is 0 Å². The highest BCUT2D eigenvalue weighted by Gasteiger charge is 2.15. The van der Waals surface area contributed by atoms with Crippen LogP contribution in [0.4, 0.5) is 0 Å². The van der Waals surface area contributed by atoms with Gasteiger partial charge in [-0.05, 0) is 60.9 Å². The average molecular weight is 478 g/mol. The summed E-state index contributed by atoms with van der Waals surface area (Å²) in [7, 11) is 0. The summed E-state index contributed by atoms with van der Waals surface area (Å²) in [5, 5.41) is 2.51. The van der Waals surface area contributed by atoms with Gasteiger partial charge in [0.15, 0.2) is 5.78 Å². The molecule has 4 heteroatoms. The largest absolute Gasteiger partial charge is 0.492 e. The van der Waals surface area contributed by atoms with Crippen molar-refractivity contribution in [3.8, 4) is 16.9 Å². The number of hydrogen-bond donors (Lipinski definition) is 0. The van der Waals surface area contributed by atoms with Gasteiger partial charge in [0.25, 0.3) is 0 Å². The molecule has 0 N–H and O–H groups in total. The van der Waals surface area contributed by atoms with Gasteiger partial charge in [0, 0.05) is 34.8 Å². The van der Waals surface area contributed by atoms with E-state index in [9.17, 15) is 4.79 Å². The minimum absolute atomic E-state index is 0.0549. The zero-order valence-electron chi connectivity index (χ0n) is 20.8. The molecule has 1 unspecified atom stereocenters. The van der Waals surface area contributed by atoms with E-state index in [4.69, 9.17) is 9.47 Å². The molecule has 4 nitrogen and oxygen atoms in total. The van der Waals surface area contributed by atoms with E-state index in [0.29, 0.717) is 19.6 Å². The summed E-state index contributed by atoms with van der Waals surface area (Å²) in [6.45, 7) is 5.32. The van der Waals surface area contributed by atoms with E-state index in [2.05, 4.69) is 71.3 Å². The minimum atomic E-state index is -0.389. The van der Waals surface area contributed by atoms with Crippen LogP contribution in [-0.4, -0.2) is 29.7 Å².